The first-order valence-electron chi connectivity index (χ1n) is 12.5. The smallest absolute Gasteiger partial charge is 0.252 e. The summed E-state index contributed by atoms with van der Waals surface area (Å²) in [6, 6.07) is 25.7. The van der Waals surface area contributed by atoms with Gasteiger partial charge in [-0.2, -0.15) is 0 Å². The predicted molar refractivity (Wildman–Crippen MR) is 145 cm³/mol. The summed E-state index contributed by atoms with van der Waals surface area (Å²) in [5, 5.41) is 13.4. The summed E-state index contributed by atoms with van der Waals surface area (Å²) in [5.41, 5.74) is 3.51. The molecule has 0 aliphatic carbocycles. The van der Waals surface area contributed by atoms with Crippen LogP contribution in [0.25, 0.3) is 10.9 Å². The fourth-order valence-corrected chi connectivity index (χ4v) is 4.55. The van der Waals surface area contributed by atoms with Crippen molar-refractivity contribution in [2.24, 2.45) is 0 Å². The lowest BCUT2D eigenvalue weighted by atomic mass is 10.1. The highest BCUT2D eigenvalue weighted by Crippen LogP contribution is 2.23. The van der Waals surface area contributed by atoms with Crippen LogP contribution in [0.1, 0.15) is 22.5 Å². The van der Waals surface area contributed by atoms with Crippen LogP contribution >= 0.6 is 0 Å². The van der Waals surface area contributed by atoms with Gasteiger partial charge in [-0.3, -0.25) is 9.69 Å². The number of pyridine rings is 1. The molecule has 9 heteroatoms. The molecule has 0 radical (unpaired) electrons. The summed E-state index contributed by atoms with van der Waals surface area (Å²) < 4.78 is 12.8. The van der Waals surface area contributed by atoms with Crippen LogP contribution in [-0.4, -0.2) is 44.3 Å². The average Bonchev–Trinajstić information content (AvgIpc) is 3.39. The molecule has 5 aromatic rings. The van der Waals surface area contributed by atoms with Crippen molar-refractivity contribution in [3.63, 3.8) is 0 Å². The molecule has 2 aromatic heterocycles. The lowest BCUT2D eigenvalue weighted by Gasteiger charge is -2.23. The number of ether oxygens (including phenoxy) is 2. The molecule has 0 atom stereocenters. The molecule has 5 rings (SSSR count). The summed E-state index contributed by atoms with van der Waals surface area (Å²) in [5.74, 6) is 2.26. The molecule has 0 aliphatic heterocycles. The average molecular weight is 511 g/mol. The second kappa shape index (κ2) is 11.7. The number of hydrogen-bond acceptors (Lipinski definition) is 7. The molecule has 0 spiro atoms. The van der Waals surface area contributed by atoms with Gasteiger partial charge in [-0.1, -0.05) is 48.5 Å². The largest absolute Gasteiger partial charge is 0.497 e. The van der Waals surface area contributed by atoms with E-state index in [9.17, 15) is 4.79 Å². The zero-order valence-electron chi connectivity index (χ0n) is 21.5. The topological polar surface area (TPSA) is 98.2 Å². The molecule has 0 fully saturated rings. The standard InChI is InChI=1S/C29H30N6O3/c1-37-25-12-13-26-23(17-25)16-24(29(36)30-26)19-34(18-22-10-6-7-11-27(22)38-2)20-28-31-32-33-35(28)15-14-21-8-4-3-5-9-21/h3-13,16-17H,14-15,18-20H2,1-2H3,(H,30,36). The Labute approximate surface area is 220 Å². The third-order valence-electron chi connectivity index (χ3n) is 6.53. The molecule has 38 heavy (non-hydrogen) atoms. The number of nitrogens with zero attached hydrogens (tertiary/aromatic N) is 5. The fourth-order valence-electron chi connectivity index (χ4n) is 4.55. The molecule has 0 bridgehead atoms. The number of tetrazole rings is 1. The van der Waals surface area contributed by atoms with Gasteiger partial charge in [0.15, 0.2) is 5.82 Å². The number of benzene rings is 3. The Hall–Kier alpha value is -4.50. The highest BCUT2D eigenvalue weighted by atomic mass is 16.5. The van der Waals surface area contributed by atoms with Gasteiger partial charge in [0.05, 0.1) is 20.8 Å². The number of fused-ring (bicyclic) bond motifs is 1. The molecule has 0 saturated heterocycles. The van der Waals surface area contributed by atoms with Gasteiger partial charge in [-0.15, -0.1) is 5.10 Å². The molecule has 9 nitrogen and oxygen atoms in total. The van der Waals surface area contributed by atoms with E-state index in [2.05, 4.69) is 37.5 Å². The summed E-state index contributed by atoms with van der Waals surface area (Å²) >= 11 is 0. The van der Waals surface area contributed by atoms with E-state index in [1.165, 1.54) is 5.56 Å². The Morgan fingerprint density at radius 3 is 2.47 bits per heavy atom. The van der Waals surface area contributed by atoms with E-state index in [1.807, 2.05) is 71.4 Å². The van der Waals surface area contributed by atoms with Gasteiger partial charge in [0.2, 0.25) is 0 Å². The number of para-hydroxylation sites is 1. The molecule has 0 amide bonds. The van der Waals surface area contributed by atoms with Crippen LogP contribution in [0.2, 0.25) is 0 Å². The third-order valence-corrected chi connectivity index (χ3v) is 6.53. The first-order chi connectivity index (χ1) is 18.6. The van der Waals surface area contributed by atoms with Crippen LogP contribution in [0.15, 0.2) is 83.7 Å². The first kappa shape index (κ1) is 25.2. The Kier molecular flexibility index (Phi) is 7.75. The fraction of sp³-hybridized carbons (Fsp3) is 0.241. The number of H-pyrrole nitrogens is 1. The zero-order valence-corrected chi connectivity index (χ0v) is 21.5. The Bertz CT molecular complexity index is 1560. The van der Waals surface area contributed by atoms with Gasteiger partial charge < -0.3 is 14.5 Å². The van der Waals surface area contributed by atoms with Gasteiger partial charge in [-0.25, -0.2) is 4.68 Å². The monoisotopic (exact) mass is 510 g/mol. The minimum absolute atomic E-state index is 0.128. The molecule has 3 aromatic carbocycles. The Morgan fingerprint density at radius 2 is 1.66 bits per heavy atom. The van der Waals surface area contributed by atoms with E-state index in [0.717, 1.165) is 40.2 Å². The Balaban J connectivity index is 1.43. The summed E-state index contributed by atoms with van der Waals surface area (Å²) in [6.45, 7) is 2.05. The maximum atomic E-state index is 13.0. The van der Waals surface area contributed by atoms with Gasteiger partial charge >= 0.3 is 0 Å². The number of nitrogens with one attached hydrogen (secondary N) is 1. The van der Waals surface area contributed by atoms with Crippen molar-refractivity contribution >= 4 is 10.9 Å². The summed E-state index contributed by atoms with van der Waals surface area (Å²) in [4.78, 5) is 18.2. The van der Waals surface area contributed by atoms with Crippen LogP contribution in [0.3, 0.4) is 0 Å². The van der Waals surface area contributed by atoms with Gasteiger partial charge in [0, 0.05) is 41.7 Å². The predicted octanol–water partition coefficient (Wildman–Crippen LogP) is 3.98. The van der Waals surface area contributed by atoms with Crippen molar-refractivity contribution in [3.8, 4) is 11.5 Å². The molecular formula is C29H30N6O3. The van der Waals surface area contributed by atoms with Crippen molar-refractivity contribution in [1.82, 2.24) is 30.1 Å². The number of aromatic nitrogens is 5. The minimum Gasteiger partial charge on any atom is -0.497 e. The molecule has 194 valence electrons. The Morgan fingerprint density at radius 1 is 0.868 bits per heavy atom. The summed E-state index contributed by atoms with van der Waals surface area (Å²) in [6.07, 6.45) is 0.817. The van der Waals surface area contributed by atoms with E-state index in [1.54, 1.807) is 14.2 Å². The number of methoxy groups -OCH3 is 2. The molecule has 1 N–H and O–H groups in total. The second-order valence-electron chi connectivity index (χ2n) is 9.09. The van der Waals surface area contributed by atoms with Crippen LogP contribution in [0.4, 0.5) is 0 Å². The van der Waals surface area contributed by atoms with Crippen LogP contribution in [0, 0.1) is 0 Å². The van der Waals surface area contributed by atoms with Crippen molar-refractivity contribution < 1.29 is 9.47 Å². The van der Waals surface area contributed by atoms with Crippen LogP contribution < -0.4 is 15.0 Å². The number of aromatic amines is 1. The van der Waals surface area contributed by atoms with Crippen molar-refractivity contribution in [3.05, 3.63) is 112 Å². The second-order valence-corrected chi connectivity index (χ2v) is 9.09. The van der Waals surface area contributed by atoms with E-state index in [-0.39, 0.29) is 5.56 Å². The molecule has 0 aliphatic rings. The van der Waals surface area contributed by atoms with E-state index >= 15 is 0 Å². The van der Waals surface area contributed by atoms with Crippen molar-refractivity contribution in [1.29, 1.82) is 0 Å². The van der Waals surface area contributed by atoms with Gasteiger partial charge in [0.1, 0.15) is 11.5 Å². The van der Waals surface area contributed by atoms with Crippen molar-refractivity contribution in [2.75, 3.05) is 14.2 Å². The van der Waals surface area contributed by atoms with Gasteiger partial charge in [0.25, 0.3) is 5.56 Å². The number of hydrogen-bond donors (Lipinski definition) is 1. The number of rotatable bonds is 11. The lowest BCUT2D eigenvalue weighted by molar-refractivity contribution is 0.231. The highest BCUT2D eigenvalue weighted by Gasteiger charge is 2.17. The van der Waals surface area contributed by atoms with E-state index in [4.69, 9.17) is 9.47 Å². The SMILES string of the molecule is COc1ccc2[nH]c(=O)c(CN(Cc3ccccc3OC)Cc3nnnn3CCc3ccccc3)cc2c1. The van der Waals surface area contributed by atoms with Crippen LogP contribution in [-0.2, 0) is 32.6 Å². The van der Waals surface area contributed by atoms with E-state index < -0.39 is 0 Å². The molecule has 0 saturated carbocycles. The normalized spacial score (nSPS) is 11.2. The first-order valence-corrected chi connectivity index (χ1v) is 12.5. The molecule has 2 heterocycles. The van der Waals surface area contributed by atoms with Gasteiger partial charge in [-0.05, 0) is 52.7 Å². The van der Waals surface area contributed by atoms with E-state index in [0.29, 0.717) is 31.7 Å². The van der Waals surface area contributed by atoms with Crippen molar-refractivity contribution in [2.45, 2.75) is 32.6 Å². The molecule has 0 unspecified atom stereocenters. The maximum absolute atomic E-state index is 13.0. The minimum atomic E-state index is -0.128. The number of aryl methyl sites for hydroxylation is 2. The summed E-state index contributed by atoms with van der Waals surface area (Å²) in [7, 11) is 3.29. The van der Waals surface area contributed by atoms with Crippen LogP contribution in [0.5, 0.6) is 11.5 Å². The third kappa shape index (κ3) is 5.90. The highest BCUT2D eigenvalue weighted by molar-refractivity contribution is 5.80. The zero-order chi connectivity index (χ0) is 26.3. The lowest BCUT2D eigenvalue weighted by Crippen LogP contribution is -2.28. The molecular weight excluding hydrogens is 480 g/mol. The quantitative estimate of drug-likeness (QED) is 0.287. The maximum Gasteiger partial charge on any atom is 0.252 e.